The van der Waals surface area contributed by atoms with Gasteiger partial charge in [-0.05, 0) is 13.8 Å². The van der Waals surface area contributed by atoms with Gasteiger partial charge in [0.15, 0.2) is 30.4 Å². The molecule has 0 unspecified atom stereocenters. The van der Waals surface area contributed by atoms with Crippen molar-refractivity contribution in [1.82, 2.24) is 0 Å². The standard InChI is InChI=1S/C10H14O6/c1-10(2)15-5(4-11)6-7(16-10)8(13-3)9(12)14-6/h4-8H,1-3H3/t5-,6+,7-,8-/m1/s1. The Balaban J connectivity index is 2.26. The summed E-state index contributed by atoms with van der Waals surface area (Å²) in [5.41, 5.74) is 0. The molecule has 2 rings (SSSR count). The van der Waals surface area contributed by atoms with E-state index in [0.717, 1.165) is 0 Å². The summed E-state index contributed by atoms with van der Waals surface area (Å²) >= 11 is 0. The first-order chi connectivity index (χ1) is 7.48. The van der Waals surface area contributed by atoms with Crippen LogP contribution < -0.4 is 0 Å². The highest BCUT2D eigenvalue weighted by atomic mass is 16.8. The SMILES string of the molecule is CO[C@H]1C(=O)O[C@@H]2[C@H]1OC(C)(C)O[C@@H]2C=O. The number of aldehydes is 1. The molecule has 0 N–H and O–H groups in total. The van der Waals surface area contributed by atoms with E-state index in [4.69, 9.17) is 18.9 Å². The van der Waals surface area contributed by atoms with Crippen molar-refractivity contribution in [2.45, 2.75) is 44.1 Å². The van der Waals surface area contributed by atoms with Crippen molar-refractivity contribution >= 4 is 12.3 Å². The molecule has 0 radical (unpaired) electrons. The molecule has 0 bridgehead atoms. The second-order valence-corrected chi connectivity index (χ2v) is 4.26. The van der Waals surface area contributed by atoms with Gasteiger partial charge in [-0.25, -0.2) is 4.79 Å². The third kappa shape index (κ3) is 1.73. The molecule has 2 aliphatic heterocycles. The Morgan fingerprint density at radius 1 is 1.31 bits per heavy atom. The Morgan fingerprint density at radius 2 is 2.00 bits per heavy atom. The van der Waals surface area contributed by atoms with Gasteiger partial charge in [0.05, 0.1) is 0 Å². The van der Waals surface area contributed by atoms with Crippen molar-refractivity contribution in [2.24, 2.45) is 0 Å². The lowest BCUT2D eigenvalue weighted by atomic mass is 10.0. The van der Waals surface area contributed by atoms with Crippen molar-refractivity contribution in [3.8, 4) is 0 Å². The molecule has 0 saturated carbocycles. The van der Waals surface area contributed by atoms with E-state index in [2.05, 4.69) is 0 Å². The number of hydrogen-bond donors (Lipinski definition) is 0. The van der Waals surface area contributed by atoms with Gasteiger partial charge in [-0.1, -0.05) is 0 Å². The lowest BCUT2D eigenvalue weighted by Crippen LogP contribution is -2.55. The second kappa shape index (κ2) is 3.80. The number of carbonyl (C=O) groups excluding carboxylic acids is 2. The molecule has 0 aromatic rings. The van der Waals surface area contributed by atoms with Crippen molar-refractivity contribution in [2.75, 3.05) is 7.11 Å². The summed E-state index contributed by atoms with van der Waals surface area (Å²) in [6, 6.07) is 0. The minimum atomic E-state index is -0.933. The highest BCUT2D eigenvalue weighted by Gasteiger charge is 2.56. The quantitative estimate of drug-likeness (QED) is 0.477. The summed E-state index contributed by atoms with van der Waals surface area (Å²) in [6.45, 7) is 3.35. The molecule has 0 aliphatic carbocycles. The molecule has 2 heterocycles. The fourth-order valence-corrected chi connectivity index (χ4v) is 2.04. The van der Waals surface area contributed by atoms with Gasteiger partial charge in [0, 0.05) is 7.11 Å². The molecular weight excluding hydrogens is 216 g/mol. The molecule has 2 aliphatic rings. The number of hydrogen-bond acceptors (Lipinski definition) is 6. The monoisotopic (exact) mass is 230 g/mol. The molecule has 2 fully saturated rings. The molecule has 6 nitrogen and oxygen atoms in total. The molecule has 0 aromatic heterocycles. The fourth-order valence-electron chi connectivity index (χ4n) is 2.04. The molecule has 4 atom stereocenters. The summed E-state index contributed by atoms with van der Waals surface area (Å²) in [4.78, 5) is 22.3. The summed E-state index contributed by atoms with van der Waals surface area (Å²) < 4.78 is 20.9. The first-order valence-electron chi connectivity index (χ1n) is 5.03. The average molecular weight is 230 g/mol. The zero-order chi connectivity index (χ0) is 11.9. The minimum absolute atomic E-state index is 0.523. The lowest BCUT2D eigenvalue weighted by Gasteiger charge is -2.40. The van der Waals surface area contributed by atoms with Crippen molar-refractivity contribution in [3.63, 3.8) is 0 Å². The van der Waals surface area contributed by atoms with Gasteiger partial charge in [0.1, 0.15) is 6.10 Å². The predicted octanol–water partition coefficient (Wildman–Crippen LogP) is -0.354. The summed E-state index contributed by atoms with van der Waals surface area (Å²) in [6.07, 6.45) is -2.30. The van der Waals surface area contributed by atoms with E-state index in [1.807, 2.05) is 0 Å². The van der Waals surface area contributed by atoms with Gasteiger partial charge < -0.3 is 23.7 Å². The van der Waals surface area contributed by atoms with E-state index in [-0.39, 0.29) is 0 Å². The smallest absolute Gasteiger partial charge is 0.338 e. The predicted molar refractivity (Wildman–Crippen MR) is 50.6 cm³/mol. The Labute approximate surface area is 92.8 Å². The number of fused-ring (bicyclic) bond motifs is 1. The third-order valence-corrected chi connectivity index (χ3v) is 2.66. The van der Waals surface area contributed by atoms with Gasteiger partial charge in [-0.3, -0.25) is 0 Å². The van der Waals surface area contributed by atoms with Gasteiger partial charge in [-0.15, -0.1) is 0 Å². The Kier molecular flexibility index (Phi) is 2.73. The van der Waals surface area contributed by atoms with Crippen LogP contribution in [0.3, 0.4) is 0 Å². The maximum absolute atomic E-state index is 11.4. The highest BCUT2D eigenvalue weighted by Crippen LogP contribution is 2.34. The van der Waals surface area contributed by atoms with Crippen LogP contribution in [0.5, 0.6) is 0 Å². The number of carbonyl (C=O) groups is 2. The lowest BCUT2D eigenvalue weighted by molar-refractivity contribution is -0.318. The summed E-state index contributed by atoms with van der Waals surface area (Å²) in [7, 11) is 1.40. The number of rotatable bonds is 2. The average Bonchev–Trinajstić information content (AvgIpc) is 2.51. The van der Waals surface area contributed by atoms with Crippen LogP contribution in [0, 0.1) is 0 Å². The van der Waals surface area contributed by atoms with Crippen LogP contribution in [0.1, 0.15) is 13.8 Å². The van der Waals surface area contributed by atoms with Gasteiger partial charge in [0.25, 0.3) is 0 Å². The summed E-state index contributed by atoms with van der Waals surface area (Å²) in [5, 5.41) is 0. The van der Waals surface area contributed by atoms with Crippen LogP contribution >= 0.6 is 0 Å². The first-order valence-corrected chi connectivity index (χ1v) is 5.03. The maximum Gasteiger partial charge on any atom is 0.338 e. The molecule has 0 aromatic carbocycles. The summed E-state index contributed by atoms with van der Waals surface area (Å²) in [5.74, 6) is -1.46. The van der Waals surface area contributed by atoms with Gasteiger partial charge >= 0.3 is 5.97 Å². The van der Waals surface area contributed by atoms with E-state index in [1.54, 1.807) is 13.8 Å². The zero-order valence-electron chi connectivity index (χ0n) is 9.34. The van der Waals surface area contributed by atoms with Crippen LogP contribution in [0.25, 0.3) is 0 Å². The van der Waals surface area contributed by atoms with Gasteiger partial charge in [-0.2, -0.15) is 0 Å². The topological polar surface area (TPSA) is 71.1 Å². The highest BCUT2D eigenvalue weighted by molar-refractivity contribution is 5.79. The Hall–Kier alpha value is -0.980. The normalized spacial score (nSPS) is 41.3. The van der Waals surface area contributed by atoms with Crippen molar-refractivity contribution in [1.29, 1.82) is 0 Å². The molecule has 0 spiro atoms. The molecule has 90 valence electrons. The molecule has 6 heteroatoms. The Morgan fingerprint density at radius 3 is 2.56 bits per heavy atom. The number of esters is 1. The van der Waals surface area contributed by atoms with Crippen LogP contribution in [-0.4, -0.2) is 49.6 Å². The molecular formula is C10H14O6. The molecule has 2 saturated heterocycles. The van der Waals surface area contributed by atoms with Gasteiger partial charge in [0.2, 0.25) is 0 Å². The van der Waals surface area contributed by atoms with E-state index >= 15 is 0 Å². The van der Waals surface area contributed by atoms with E-state index < -0.39 is 36.2 Å². The second-order valence-electron chi connectivity index (χ2n) is 4.26. The largest absolute Gasteiger partial charge is 0.454 e. The van der Waals surface area contributed by atoms with Crippen LogP contribution in [0.15, 0.2) is 0 Å². The Bertz CT molecular complexity index is 312. The molecule has 0 amide bonds. The van der Waals surface area contributed by atoms with Crippen molar-refractivity contribution < 1.29 is 28.5 Å². The van der Waals surface area contributed by atoms with Crippen molar-refractivity contribution in [3.05, 3.63) is 0 Å². The van der Waals surface area contributed by atoms with E-state index in [9.17, 15) is 9.59 Å². The first kappa shape index (κ1) is 11.5. The number of methoxy groups -OCH3 is 1. The van der Waals surface area contributed by atoms with E-state index in [1.165, 1.54) is 7.11 Å². The maximum atomic E-state index is 11.4. The minimum Gasteiger partial charge on any atom is -0.454 e. The van der Waals surface area contributed by atoms with E-state index in [0.29, 0.717) is 6.29 Å². The zero-order valence-corrected chi connectivity index (χ0v) is 9.34. The number of ether oxygens (including phenoxy) is 4. The molecule has 16 heavy (non-hydrogen) atoms. The van der Waals surface area contributed by atoms with Crippen LogP contribution in [0.2, 0.25) is 0 Å². The van der Waals surface area contributed by atoms with Crippen LogP contribution in [-0.2, 0) is 28.5 Å². The fraction of sp³-hybridized carbons (Fsp3) is 0.800. The third-order valence-electron chi connectivity index (χ3n) is 2.66. The van der Waals surface area contributed by atoms with Crippen LogP contribution in [0.4, 0.5) is 0 Å².